The number of carbonyl (C=O) groups is 1. The first-order chi connectivity index (χ1) is 13.5. The fourth-order valence-electron chi connectivity index (χ4n) is 2.52. The molecular formula is C21H18FNO5. The zero-order valence-corrected chi connectivity index (χ0v) is 15.3. The Morgan fingerprint density at radius 1 is 1.25 bits per heavy atom. The lowest BCUT2D eigenvalue weighted by Gasteiger charge is -2.03. The molecular weight excluding hydrogens is 365 g/mol. The fraction of sp³-hybridized carbons (Fsp3) is 0.143. The number of esters is 1. The van der Waals surface area contributed by atoms with Crippen LogP contribution >= 0.6 is 0 Å². The zero-order valence-electron chi connectivity index (χ0n) is 15.3. The standard InChI is InChI=1S/C21H18FNO5/c1-13-17(23-28-21(13)15-5-7-16(22)8-6-15)12-27-20(25)10-4-14-3-9-18(24)19(11-14)26-2/h3-11,24H,12H2,1-2H3/b10-4+. The van der Waals surface area contributed by atoms with Gasteiger partial charge in [0.25, 0.3) is 0 Å². The second-order valence-corrected chi connectivity index (χ2v) is 5.96. The Bertz CT molecular complexity index is 1010. The van der Waals surface area contributed by atoms with Crippen LogP contribution in [-0.4, -0.2) is 23.3 Å². The number of benzene rings is 2. The lowest BCUT2D eigenvalue weighted by atomic mass is 10.1. The molecule has 0 saturated heterocycles. The summed E-state index contributed by atoms with van der Waals surface area (Å²) in [6, 6.07) is 10.6. The summed E-state index contributed by atoms with van der Waals surface area (Å²) in [5.74, 6) is -0.0774. The topological polar surface area (TPSA) is 81.8 Å². The van der Waals surface area contributed by atoms with Crippen molar-refractivity contribution in [2.75, 3.05) is 7.11 Å². The number of phenolic OH excluding ortho intramolecular Hbond substituents is 1. The Morgan fingerprint density at radius 3 is 2.71 bits per heavy atom. The summed E-state index contributed by atoms with van der Waals surface area (Å²) in [5, 5.41) is 13.5. The molecule has 2 aromatic carbocycles. The first kappa shape index (κ1) is 19.2. The van der Waals surface area contributed by atoms with Crippen molar-refractivity contribution in [1.82, 2.24) is 5.16 Å². The van der Waals surface area contributed by atoms with E-state index in [4.69, 9.17) is 14.0 Å². The lowest BCUT2D eigenvalue weighted by Crippen LogP contribution is -2.02. The third-order valence-corrected chi connectivity index (χ3v) is 4.09. The van der Waals surface area contributed by atoms with Crippen LogP contribution in [-0.2, 0) is 16.1 Å². The van der Waals surface area contributed by atoms with Crippen LogP contribution in [0.4, 0.5) is 4.39 Å². The molecule has 6 nitrogen and oxygen atoms in total. The summed E-state index contributed by atoms with van der Waals surface area (Å²) >= 11 is 0. The van der Waals surface area contributed by atoms with E-state index >= 15 is 0 Å². The largest absolute Gasteiger partial charge is 0.504 e. The molecule has 3 rings (SSSR count). The van der Waals surface area contributed by atoms with Crippen LogP contribution < -0.4 is 4.74 Å². The van der Waals surface area contributed by atoms with Gasteiger partial charge in [0.2, 0.25) is 0 Å². The lowest BCUT2D eigenvalue weighted by molar-refractivity contribution is -0.139. The van der Waals surface area contributed by atoms with E-state index in [9.17, 15) is 14.3 Å². The van der Waals surface area contributed by atoms with Gasteiger partial charge in [0, 0.05) is 17.2 Å². The van der Waals surface area contributed by atoms with Gasteiger partial charge in [0.05, 0.1) is 7.11 Å². The van der Waals surface area contributed by atoms with Gasteiger partial charge < -0.3 is 19.1 Å². The summed E-state index contributed by atoms with van der Waals surface area (Å²) in [6.45, 7) is 1.73. The number of hydrogen-bond donors (Lipinski definition) is 1. The number of phenols is 1. The molecule has 28 heavy (non-hydrogen) atoms. The Hall–Kier alpha value is -3.61. The van der Waals surface area contributed by atoms with Crippen LogP contribution in [0.3, 0.4) is 0 Å². The Morgan fingerprint density at radius 2 is 2.00 bits per heavy atom. The van der Waals surface area contributed by atoms with Crippen molar-refractivity contribution in [2.24, 2.45) is 0 Å². The van der Waals surface area contributed by atoms with Crippen molar-refractivity contribution >= 4 is 12.0 Å². The van der Waals surface area contributed by atoms with Gasteiger partial charge in [-0.25, -0.2) is 9.18 Å². The third kappa shape index (κ3) is 4.37. The maximum Gasteiger partial charge on any atom is 0.331 e. The second kappa shape index (κ2) is 8.39. The van der Waals surface area contributed by atoms with Crippen molar-refractivity contribution in [3.05, 3.63) is 71.2 Å². The SMILES string of the molecule is COc1cc(/C=C/C(=O)OCc2noc(-c3ccc(F)cc3)c2C)ccc1O. The summed E-state index contributed by atoms with van der Waals surface area (Å²) in [4.78, 5) is 11.9. The van der Waals surface area contributed by atoms with Crippen LogP contribution in [0.15, 0.2) is 53.1 Å². The highest BCUT2D eigenvalue weighted by Crippen LogP contribution is 2.27. The maximum absolute atomic E-state index is 13.0. The molecule has 144 valence electrons. The minimum Gasteiger partial charge on any atom is -0.504 e. The van der Waals surface area contributed by atoms with E-state index in [1.54, 1.807) is 37.3 Å². The number of methoxy groups -OCH3 is 1. The second-order valence-electron chi connectivity index (χ2n) is 5.96. The molecule has 0 aliphatic rings. The molecule has 1 N–H and O–H groups in total. The van der Waals surface area contributed by atoms with Gasteiger partial charge in [-0.1, -0.05) is 11.2 Å². The molecule has 0 amide bonds. The van der Waals surface area contributed by atoms with Crippen LogP contribution in [0.1, 0.15) is 16.8 Å². The number of carbonyl (C=O) groups excluding carboxylic acids is 1. The highest BCUT2D eigenvalue weighted by Gasteiger charge is 2.15. The molecule has 3 aromatic rings. The number of aromatic hydroxyl groups is 1. The van der Waals surface area contributed by atoms with Gasteiger partial charge in [-0.3, -0.25) is 0 Å². The molecule has 0 radical (unpaired) electrons. The average Bonchev–Trinajstić information content (AvgIpc) is 3.06. The number of ether oxygens (including phenoxy) is 2. The van der Waals surface area contributed by atoms with E-state index in [-0.39, 0.29) is 18.2 Å². The monoisotopic (exact) mass is 383 g/mol. The zero-order chi connectivity index (χ0) is 20.1. The smallest absolute Gasteiger partial charge is 0.331 e. The first-order valence-corrected chi connectivity index (χ1v) is 8.41. The molecule has 7 heteroatoms. The van der Waals surface area contributed by atoms with E-state index < -0.39 is 5.97 Å². The van der Waals surface area contributed by atoms with Gasteiger partial charge in [0.15, 0.2) is 17.3 Å². The van der Waals surface area contributed by atoms with E-state index in [0.717, 1.165) is 0 Å². The molecule has 1 heterocycles. The van der Waals surface area contributed by atoms with Crippen LogP contribution in [0.2, 0.25) is 0 Å². The van der Waals surface area contributed by atoms with Crippen LogP contribution in [0.5, 0.6) is 11.5 Å². The van der Waals surface area contributed by atoms with Crippen molar-refractivity contribution < 1.29 is 28.3 Å². The van der Waals surface area contributed by atoms with Crippen molar-refractivity contribution in [1.29, 1.82) is 0 Å². The number of hydrogen-bond acceptors (Lipinski definition) is 6. The Balaban J connectivity index is 1.63. The van der Waals surface area contributed by atoms with Crippen molar-refractivity contribution in [3.63, 3.8) is 0 Å². The number of rotatable bonds is 6. The van der Waals surface area contributed by atoms with Gasteiger partial charge in [-0.05, 0) is 55.0 Å². The molecule has 1 aromatic heterocycles. The predicted molar refractivity (Wildman–Crippen MR) is 100 cm³/mol. The molecule has 0 aliphatic heterocycles. The minimum atomic E-state index is -0.558. The number of halogens is 1. The molecule has 0 aliphatic carbocycles. The molecule has 0 fully saturated rings. The third-order valence-electron chi connectivity index (χ3n) is 4.09. The van der Waals surface area contributed by atoms with E-state index in [0.29, 0.717) is 33.9 Å². The quantitative estimate of drug-likeness (QED) is 0.506. The van der Waals surface area contributed by atoms with Gasteiger partial charge >= 0.3 is 5.97 Å². The Kier molecular flexibility index (Phi) is 5.74. The number of nitrogens with zero attached hydrogens (tertiary/aromatic N) is 1. The molecule has 0 spiro atoms. The van der Waals surface area contributed by atoms with Crippen molar-refractivity contribution in [2.45, 2.75) is 13.5 Å². The maximum atomic E-state index is 13.0. The van der Waals surface area contributed by atoms with E-state index in [1.165, 1.54) is 31.4 Å². The summed E-state index contributed by atoms with van der Waals surface area (Å²) in [7, 11) is 1.44. The average molecular weight is 383 g/mol. The fourth-order valence-corrected chi connectivity index (χ4v) is 2.52. The van der Waals surface area contributed by atoms with Gasteiger partial charge in [0.1, 0.15) is 18.1 Å². The van der Waals surface area contributed by atoms with Gasteiger partial charge in [-0.2, -0.15) is 0 Å². The summed E-state index contributed by atoms with van der Waals surface area (Å²) in [6.07, 6.45) is 2.81. The molecule has 0 unspecified atom stereocenters. The number of aromatic nitrogens is 1. The first-order valence-electron chi connectivity index (χ1n) is 8.41. The van der Waals surface area contributed by atoms with Gasteiger partial charge in [-0.15, -0.1) is 0 Å². The minimum absolute atomic E-state index is 0.0145. The van der Waals surface area contributed by atoms with Crippen LogP contribution in [0, 0.1) is 12.7 Å². The highest BCUT2D eigenvalue weighted by molar-refractivity contribution is 5.87. The van der Waals surface area contributed by atoms with E-state index in [2.05, 4.69) is 5.16 Å². The summed E-state index contributed by atoms with van der Waals surface area (Å²) < 4.78 is 28.6. The molecule has 0 bridgehead atoms. The van der Waals surface area contributed by atoms with Crippen molar-refractivity contribution in [3.8, 4) is 22.8 Å². The Labute approximate surface area is 160 Å². The molecule has 0 saturated carbocycles. The normalized spacial score (nSPS) is 11.0. The summed E-state index contributed by atoms with van der Waals surface area (Å²) in [5.41, 5.74) is 2.55. The van der Waals surface area contributed by atoms with E-state index in [1.807, 2.05) is 0 Å². The van der Waals surface area contributed by atoms with Crippen LogP contribution in [0.25, 0.3) is 17.4 Å². The molecule has 0 atom stereocenters. The predicted octanol–water partition coefficient (Wildman–Crippen LogP) is 4.26. The highest BCUT2D eigenvalue weighted by atomic mass is 19.1.